The summed E-state index contributed by atoms with van der Waals surface area (Å²) in [6.45, 7) is 9.49. The average Bonchev–Trinajstić information content (AvgIpc) is 3.35. The molecule has 5 nitrogen and oxygen atoms in total. The van der Waals surface area contributed by atoms with E-state index in [0.29, 0.717) is 0 Å². The van der Waals surface area contributed by atoms with Gasteiger partial charge in [-0.25, -0.2) is 4.98 Å². The second-order valence-corrected chi connectivity index (χ2v) is 8.65. The summed E-state index contributed by atoms with van der Waals surface area (Å²) in [5, 5.41) is 8.00. The first-order valence-corrected chi connectivity index (χ1v) is 11.2. The molecule has 0 bridgehead atoms. The highest BCUT2D eigenvalue weighted by Gasteiger charge is 2.11. The van der Waals surface area contributed by atoms with E-state index < -0.39 is 0 Å². The highest BCUT2D eigenvalue weighted by molar-refractivity contribution is 14.0. The SMILES string of the molecule is CCc1nc(CCNC(=NC)NCc2ccc(CN3CCCC3)cc2)sc1C.I. The second kappa shape index (κ2) is 12.5. The maximum Gasteiger partial charge on any atom is 0.191 e. The van der Waals surface area contributed by atoms with Crippen LogP contribution in [0.5, 0.6) is 0 Å². The van der Waals surface area contributed by atoms with Crippen LogP contribution >= 0.6 is 35.3 Å². The fourth-order valence-electron chi connectivity index (χ4n) is 3.58. The van der Waals surface area contributed by atoms with E-state index >= 15 is 0 Å². The van der Waals surface area contributed by atoms with E-state index in [9.17, 15) is 0 Å². The maximum absolute atomic E-state index is 4.70. The number of hydrogen-bond donors (Lipinski definition) is 2. The Balaban J connectivity index is 0.00000300. The Hall–Kier alpha value is -1.19. The summed E-state index contributed by atoms with van der Waals surface area (Å²) < 4.78 is 0. The molecular weight excluding hydrogens is 493 g/mol. The van der Waals surface area contributed by atoms with E-state index in [-0.39, 0.29) is 24.0 Å². The number of rotatable bonds is 8. The van der Waals surface area contributed by atoms with Crippen LogP contribution < -0.4 is 10.6 Å². The number of halogens is 1. The summed E-state index contributed by atoms with van der Waals surface area (Å²) in [4.78, 5) is 12.9. The van der Waals surface area contributed by atoms with Crippen LogP contribution in [0.4, 0.5) is 0 Å². The number of likely N-dealkylation sites (tertiary alicyclic amines) is 1. The normalized spacial score (nSPS) is 14.7. The molecule has 2 N–H and O–H groups in total. The van der Waals surface area contributed by atoms with E-state index in [4.69, 9.17) is 4.98 Å². The monoisotopic (exact) mass is 527 g/mol. The molecule has 1 fully saturated rings. The van der Waals surface area contributed by atoms with Gasteiger partial charge in [-0.05, 0) is 50.4 Å². The lowest BCUT2D eigenvalue weighted by Crippen LogP contribution is -2.37. The molecule has 2 aromatic rings. The number of guanidine groups is 1. The minimum atomic E-state index is 0. The van der Waals surface area contributed by atoms with Crippen molar-refractivity contribution in [2.75, 3.05) is 26.7 Å². The van der Waals surface area contributed by atoms with Crippen LogP contribution in [0, 0.1) is 6.92 Å². The van der Waals surface area contributed by atoms with Crippen LogP contribution in [-0.2, 0) is 25.9 Å². The maximum atomic E-state index is 4.70. The van der Waals surface area contributed by atoms with Crippen molar-refractivity contribution < 1.29 is 0 Å². The first kappa shape index (κ1) is 24.1. The van der Waals surface area contributed by atoms with Gasteiger partial charge in [0.15, 0.2) is 5.96 Å². The molecule has 1 aliphatic rings. The van der Waals surface area contributed by atoms with Crippen LogP contribution in [0.1, 0.15) is 46.5 Å². The van der Waals surface area contributed by atoms with Crippen molar-refractivity contribution in [3.63, 3.8) is 0 Å². The van der Waals surface area contributed by atoms with Crippen molar-refractivity contribution in [3.05, 3.63) is 51.0 Å². The van der Waals surface area contributed by atoms with Gasteiger partial charge in [-0.3, -0.25) is 9.89 Å². The predicted molar refractivity (Wildman–Crippen MR) is 135 cm³/mol. The van der Waals surface area contributed by atoms with Crippen molar-refractivity contribution in [1.29, 1.82) is 0 Å². The molecule has 0 radical (unpaired) electrons. The number of nitrogens with one attached hydrogen (secondary N) is 2. The molecule has 29 heavy (non-hydrogen) atoms. The zero-order valence-electron chi connectivity index (χ0n) is 17.8. The Morgan fingerprint density at radius 2 is 1.83 bits per heavy atom. The summed E-state index contributed by atoms with van der Waals surface area (Å²) >= 11 is 1.81. The summed E-state index contributed by atoms with van der Waals surface area (Å²) in [6.07, 6.45) is 4.62. The third-order valence-corrected chi connectivity index (χ3v) is 6.29. The largest absolute Gasteiger partial charge is 0.356 e. The molecule has 0 unspecified atom stereocenters. The first-order valence-electron chi connectivity index (χ1n) is 10.4. The van der Waals surface area contributed by atoms with Gasteiger partial charge >= 0.3 is 0 Å². The Labute approximate surface area is 196 Å². The van der Waals surface area contributed by atoms with Gasteiger partial charge in [-0.1, -0.05) is 31.2 Å². The standard InChI is InChI=1S/C22H33N5S.HI/c1-4-20-17(2)28-21(26-20)11-12-24-22(23-3)25-15-18-7-9-19(10-8-18)16-27-13-5-6-14-27;/h7-10H,4-6,11-16H2,1-3H3,(H2,23,24,25);1H. The lowest BCUT2D eigenvalue weighted by molar-refractivity contribution is 0.331. The molecule has 1 aromatic carbocycles. The lowest BCUT2D eigenvalue weighted by atomic mass is 10.1. The van der Waals surface area contributed by atoms with E-state index in [1.807, 2.05) is 7.05 Å². The molecule has 0 atom stereocenters. The molecular formula is C22H34IN5S. The molecule has 3 rings (SSSR count). The molecule has 1 aliphatic heterocycles. The smallest absolute Gasteiger partial charge is 0.191 e. The predicted octanol–water partition coefficient (Wildman–Crippen LogP) is 4.14. The molecule has 7 heteroatoms. The number of aromatic nitrogens is 1. The minimum Gasteiger partial charge on any atom is -0.356 e. The summed E-state index contributed by atoms with van der Waals surface area (Å²) in [7, 11) is 1.82. The van der Waals surface area contributed by atoms with Gasteiger partial charge < -0.3 is 10.6 Å². The highest BCUT2D eigenvalue weighted by atomic mass is 127. The van der Waals surface area contributed by atoms with Crippen molar-refractivity contribution in [1.82, 2.24) is 20.5 Å². The van der Waals surface area contributed by atoms with Gasteiger partial charge in [0.25, 0.3) is 0 Å². The molecule has 0 saturated carbocycles. The molecule has 0 aliphatic carbocycles. The van der Waals surface area contributed by atoms with Crippen molar-refractivity contribution in [3.8, 4) is 0 Å². The zero-order chi connectivity index (χ0) is 19.8. The van der Waals surface area contributed by atoms with Gasteiger partial charge in [-0.2, -0.15) is 0 Å². The fourth-order valence-corrected chi connectivity index (χ4v) is 4.60. The zero-order valence-corrected chi connectivity index (χ0v) is 21.0. The summed E-state index contributed by atoms with van der Waals surface area (Å²) in [5.74, 6) is 0.838. The van der Waals surface area contributed by atoms with Gasteiger partial charge in [0, 0.05) is 38.0 Å². The second-order valence-electron chi connectivity index (χ2n) is 7.37. The first-order chi connectivity index (χ1) is 13.7. The fraction of sp³-hybridized carbons (Fsp3) is 0.545. The van der Waals surface area contributed by atoms with E-state index in [2.05, 4.69) is 58.6 Å². The number of aryl methyl sites for hydroxylation is 2. The third-order valence-electron chi connectivity index (χ3n) is 5.21. The van der Waals surface area contributed by atoms with Gasteiger partial charge in [0.05, 0.1) is 10.7 Å². The van der Waals surface area contributed by atoms with Crippen LogP contribution in [0.2, 0.25) is 0 Å². The van der Waals surface area contributed by atoms with Crippen molar-refractivity contribution in [2.24, 2.45) is 4.99 Å². The number of benzene rings is 1. The minimum absolute atomic E-state index is 0. The van der Waals surface area contributed by atoms with Crippen molar-refractivity contribution >= 4 is 41.3 Å². The average molecular weight is 528 g/mol. The Morgan fingerprint density at radius 1 is 1.14 bits per heavy atom. The number of aliphatic imine (C=N–C) groups is 1. The molecule has 2 heterocycles. The topological polar surface area (TPSA) is 52.6 Å². The third kappa shape index (κ3) is 7.53. The molecule has 0 amide bonds. The van der Waals surface area contributed by atoms with Crippen molar-refractivity contribution in [2.45, 2.75) is 52.6 Å². The van der Waals surface area contributed by atoms with Crippen LogP contribution in [-0.4, -0.2) is 42.5 Å². The molecule has 1 saturated heterocycles. The van der Waals surface area contributed by atoms with E-state index in [0.717, 1.165) is 38.4 Å². The van der Waals surface area contributed by atoms with Crippen LogP contribution in [0.15, 0.2) is 29.3 Å². The Morgan fingerprint density at radius 3 is 2.45 bits per heavy atom. The summed E-state index contributed by atoms with van der Waals surface area (Å²) in [6, 6.07) is 8.94. The summed E-state index contributed by atoms with van der Waals surface area (Å²) in [5.41, 5.74) is 3.91. The quantitative estimate of drug-likeness (QED) is 0.308. The van der Waals surface area contributed by atoms with Crippen LogP contribution in [0.25, 0.3) is 0 Å². The Kier molecular flexibility index (Phi) is 10.4. The lowest BCUT2D eigenvalue weighted by Gasteiger charge is -2.15. The van der Waals surface area contributed by atoms with Crippen LogP contribution in [0.3, 0.4) is 0 Å². The number of thiazole rings is 1. The highest BCUT2D eigenvalue weighted by Crippen LogP contribution is 2.18. The van der Waals surface area contributed by atoms with Gasteiger partial charge in [0.2, 0.25) is 0 Å². The molecule has 160 valence electrons. The molecule has 0 spiro atoms. The molecule has 1 aromatic heterocycles. The number of hydrogen-bond acceptors (Lipinski definition) is 4. The van der Waals surface area contributed by atoms with E-state index in [1.165, 1.54) is 52.6 Å². The van der Waals surface area contributed by atoms with Gasteiger partial charge in [0.1, 0.15) is 0 Å². The Bertz CT molecular complexity index is 766. The number of nitrogens with zero attached hydrogens (tertiary/aromatic N) is 3. The van der Waals surface area contributed by atoms with Gasteiger partial charge in [-0.15, -0.1) is 35.3 Å². The van der Waals surface area contributed by atoms with E-state index in [1.54, 1.807) is 11.3 Å².